The van der Waals surface area contributed by atoms with E-state index in [2.05, 4.69) is 43.1 Å². The van der Waals surface area contributed by atoms with Crippen LogP contribution in [-0.4, -0.2) is 18.8 Å². The molecule has 0 spiro atoms. The summed E-state index contributed by atoms with van der Waals surface area (Å²) in [5.74, 6) is -1.09. The number of rotatable bonds is 7. The molecule has 4 nitrogen and oxygen atoms in total. The van der Waals surface area contributed by atoms with Gasteiger partial charge < -0.3 is 4.74 Å². The first-order valence-corrected chi connectivity index (χ1v) is 9.17. The summed E-state index contributed by atoms with van der Waals surface area (Å²) < 4.78 is 4.92. The van der Waals surface area contributed by atoms with E-state index in [0.29, 0.717) is 5.92 Å². The maximum absolute atomic E-state index is 11.8. The number of carbonyl (C=O) groups is 1. The molecule has 0 bridgehead atoms. The minimum Gasteiger partial charge on any atom is -0.465 e. The predicted octanol–water partition coefficient (Wildman–Crippen LogP) is 4.73. The molecule has 0 saturated carbocycles. The van der Waals surface area contributed by atoms with E-state index in [0.717, 1.165) is 10.4 Å². The lowest BCUT2D eigenvalue weighted by atomic mass is 9.98. The smallest absolute Gasteiger partial charge is 0.328 e. The van der Waals surface area contributed by atoms with Crippen molar-refractivity contribution in [2.75, 3.05) is 6.61 Å². The van der Waals surface area contributed by atoms with Gasteiger partial charge in [-0.25, -0.2) is 0 Å². The van der Waals surface area contributed by atoms with E-state index in [-0.39, 0.29) is 12.6 Å². The van der Waals surface area contributed by atoms with Gasteiger partial charge in [-0.3, -0.25) is 9.79 Å². The third-order valence-corrected chi connectivity index (χ3v) is 4.72. The molecule has 2 atom stereocenters. The molecule has 0 N–H and O–H groups in total. The zero-order chi connectivity index (χ0) is 18.2. The molecule has 0 unspecified atom stereocenters. The molecule has 1 aromatic heterocycles. The second-order valence-electron chi connectivity index (χ2n) is 5.90. The van der Waals surface area contributed by atoms with Gasteiger partial charge in [0.15, 0.2) is 5.92 Å². The van der Waals surface area contributed by atoms with Gasteiger partial charge in [0.2, 0.25) is 0 Å². The van der Waals surface area contributed by atoms with E-state index >= 15 is 0 Å². The van der Waals surface area contributed by atoms with Crippen LogP contribution >= 0.6 is 11.3 Å². The largest absolute Gasteiger partial charge is 0.465 e. The van der Waals surface area contributed by atoms with Crippen LogP contribution in [0.2, 0.25) is 0 Å². The Morgan fingerprint density at radius 3 is 2.48 bits per heavy atom. The molecule has 0 aliphatic carbocycles. The first kappa shape index (κ1) is 18.9. The van der Waals surface area contributed by atoms with Gasteiger partial charge in [0.25, 0.3) is 0 Å². The maximum atomic E-state index is 11.8. The summed E-state index contributed by atoms with van der Waals surface area (Å²) in [6, 6.07) is 14.0. The molecule has 25 heavy (non-hydrogen) atoms. The van der Waals surface area contributed by atoms with Gasteiger partial charge in [-0.15, -0.1) is 11.3 Å². The van der Waals surface area contributed by atoms with E-state index in [1.54, 1.807) is 18.3 Å². The van der Waals surface area contributed by atoms with Gasteiger partial charge in [-0.1, -0.05) is 44.2 Å². The van der Waals surface area contributed by atoms with Crippen molar-refractivity contribution in [1.82, 2.24) is 0 Å². The van der Waals surface area contributed by atoms with Crippen molar-refractivity contribution in [3.63, 3.8) is 0 Å². The van der Waals surface area contributed by atoms with E-state index in [1.165, 1.54) is 11.8 Å². The van der Waals surface area contributed by atoms with Crippen LogP contribution in [0.3, 0.4) is 0 Å². The van der Waals surface area contributed by atoms with Gasteiger partial charge in [0.05, 0.1) is 12.7 Å². The number of hydrogen-bond acceptors (Lipinski definition) is 5. The summed E-state index contributed by atoms with van der Waals surface area (Å²) in [4.78, 5) is 17.4. The van der Waals surface area contributed by atoms with E-state index < -0.39 is 11.9 Å². The van der Waals surface area contributed by atoms with Gasteiger partial charge in [0, 0.05) is 11.1 Å². The Morgan fingerprint density at radius 2 is 1.96 bits per heavy atom. The molecule has 2 aromatic rings. The van der Waals surface area contributed by atoms with Crippen molar-refractivity contribution in [3.8, 4) is 6.07 Å². The Labute approximate surface area is 152 Å². The summed E-state index contributed by atoms with van der Waals surface area (Å²) in [5, 5.41) is 11.2. The highest BCUT2D eigenvalue weighted by Crippen LogP contribution is 2.30. The second kappa shape index (κ2) is 9.14. The first-order valence-electron chi connectivity index (χ1n) is 8.29. The molecule has 0 aliphatic rings. The summed E-state index contributed by atoms with van der Waals surface area (Å²) in [5.41, 5.74) is 2.29. The fraction of sp³-hybridized carbons (Fsp3) is 0.350. The minimum absolute atomic E-state index is 0.230. The molecule has 0 aliphatic heterocycles. The third kappa shape index (κ3) is 5.01. The number of benzene rings is 1. The van der Waals surface area contributed by atoms with Crippen LogP contribution < -0.4 is 0 Å². The average Bonchev–Trinajstić information content (AvgIpc) is 3.13. The topological polar surface area (TPSA) is 62.5 Å². The maximum Gasteiger partial charge on any atom is 0.328 e. The molecule has 1 heterocycles. The predicted molar refractivity (Wildman–Crippen MR) is 101 cm³/mol. The Kier molecular flexibility index (Phi) is 6.91. The van der Waals surface area contributed by atoms with Crippen molar-refractivity contribution < 1.29 is 9.53 Å². The zero-order valence-corrected chi connectivity index (χ0v) is 15.5. The van der Waals surface area contributed by atoms with Crippen molar-refractivity contribution in [1.29, 1.82) is 5.26 Å². The van der Waals surface area contributed by atoms with Gasteiger partial charge >= 0.3 is 5.97 Å². The first-order chi connectivity index (χ1) is 12.1. The van der Waals surface area contributed by atoms with Crippen LogP contribution in [0.1, 0.15) is 48.7 Å². The van der Waals surface area contributed by atoms with Gasteiger partial charge in [-0.2, -0.15) is 5.26 Å². The van der Waals surface area contributed by atoms with Crippen LogP contribution in [0.15, 0.2) is 46.8 Å². The Bertz CT molecular complexity index is 743. The minimum atomic E-state index is -0.989. The summed E-state index contributed by atoms with van der Waals surface area (Å²) in [6.45, 7) is 6.27. The molecule has 0 saturated heterocycles. The number of aliphatic imine (C=N–C) groups is 1. The van der Waals surface area contributed by atoms with Gasteiger partial charge in [0.1, 0.15) is 6.04 Å². The highest BCUT2D eigenvalue weighted by molar-refractivity contribution is 7.10. The SMILES string of the molecule is CCOC(=O)[C@@H](C#N)C=N[C@@H](c1ccc(C(C)C)cc1)c1cccs1. The summed E-state index contributed by atoms with van der Waals surface area (Å²) in [7, 11) is 0. The Morgan fingerprint density at radius 1 is 1.28 bits per heavy atom. The number of carbonyl (C=O) groups excluding carboxylic acids is 1. The molecule has 0 amide bonds. The quantitative estimate of drug-likeness (QED) is 0.533. The molecule has 1 aromatic carbocycles. The highest BCUT2D eigenvalue weighted by atomic mass is 32.1. The van der Waals surface area contributed by atoms with Crippen LogP contribution in [0.5, 0.6) is 0 Å². The van der Waals surface area contributed by atoms with Crippen LogP contribution in [-0.2, 0) is 9.53 Å². The molecule has 130 valence electrons. The number of esters is 1. The monoisotopic (exact) mass is 354 g/mol. The van der Waals surface area contributed by atoms with Crippen molar-refractivity contribution >= 4 is 23.5 Å². The molecular formula is C20H22N2O2S. The highest BCUT2D eigenvalue weighted by Gasteiger charge is 2.19. The van der Waals surface area contributed by atoms with Crippen LogP contribution in [0, 0.1) is 17.2 Å². The molecule has 2 rings (SSSR count). The second-order valence-corrected chi connectivity index (χ2v) is 6.88. The van der Waals surface area contributed by atoms with E-state index in [1.807, 2.05) is 23.6 Å². The van der Waals surface area contributed by atoms with E-state index in [9.17, 15) is 10.1 Å². The summed E-state index contributed by atoms with van der Waals surface area (Å²) in [6.07, 6.45) is 1.40. The Hall–Kier alpha value is -2.45. The molecule has 0 radical (unpaired) electrons. The molecule has 0 fully saturated rings. The normalized spacial score (nSPS) is 13.6. The number of thiophene rings is 1. The molecular weight excluding hydrogens is 332 g/mol. The lowest BCUT2D eigenvalue weighted by Gasteiger charge is -2.14. The van der Waals surface area contributed by atoms with Crippen molar-refractivity contribution in [2.24, 2.45) is 10.9 Å². The number of ether oxygens (including phenoxy) is 1. The molecule has 5 heteroatoms. The average molecular weight is 354 g/mol. The lowest BCUT2D eigenvalue weighted by Crippen LogP contribution is -2.17. The number of nitriles is 1. The fourth-order valence-corrected chi connectivity index (χ4v) is 3.18. The lowest BCUT2D eigenvalue weighted by molar-refractivity contribution is -0.143. The zero-order valence-electron chi connectivity index (χ0n) is 14.7. The van der Waals surface area contributed by atoms with Crippen molar-refractivity contribution in [2.45, 2.75) is 32.7 Å². The number of nitrogens with zero attached hydrogens (tertiary/aromatic N) is 2. The van der Waals surface area contributed by atoms with Gasteiger partial charge in [-0.05, 0) is 35.4 Å². The fourth-order valence-electron chi connectivity index (χ4n) is 2.38. The van der Waals surface area contributed by atoms with Crippen LogP contribution in [0.4, 0.5) is 0 Å². The van der Waals surface area contributed by atoms with Crippen molar-refractivity contribution in [3.05, 3.63) is 57.8 Å². The number of hydrogen-bond donors (Lipinski definition) is 0. The third-order valence-electron chi connectivity index (χ3n) is 3.80. The Balaban J connectivity index is 2.29. The summed E-state index contributed by atoms with van der Waals surface area (Å²) >= 11 is 1.60. The van der Waals surface area contributed by atoms with Crippen LogP contribution in [0.25, 0.3) is 0 Å². The standard InChI is InChI=1S/C20H22N2O2S/c1-4-24-20(23)17(12-21)13-22-19(18-6-5-11-25-18)16-9-7-15(8-10-16)14(2)3/h5-11,13-14,17,19H,4H2,1-3H3/t17-,19-/m0/s1. The van der Waals surface area contributed by atoms with E-state index in [4.69, 9.17) is 4.74 Å².